The molecule has 1 saturated carbocycles. The van der Waals surface area contributed by atoms with E-state index in [1.165, 1.54) is 12.8 Å². The first-order valence-electron chi connectivity index (χ1n) is 13.1. The van der Waals surface area contributed by atoms with Crippen LogP contribution >= 0.6 is 11.6 Å². The van der Waals surface area contributed by atoms with Gasteiger partial charge in [-0.15, -0.1) is 0 Å². The lowest BCUT2D eigenvalue weighted by molar-refractivity contribution is -0.140. The predicted octanol–water partition coefficient (Wildman–Crippen LogP) is 4.07. The van der Waals surface area contributed by atoms with Crippen LogP contribution in [0.1, 0.15) is 63.5 Å². The van der Waals surface area contributed by atoms with E-state index in [1.54, 1.807) is 0 Å². The molecule has 1 N–H and O–H groups in total. The summed E-state index contributed by atoms with van der Waals surface area (Å²) in [5.74, 6) is 0.888. The van der Waals surface area contributed by atoms with Gasteiger partial charge in [-0.1, -0.05) is 31.4 Å². The summed E-state index contributed by atoms with van der Waals surface area (Å²) in [6.45, 7) is 10.5. The average Bonchev–Trinajstić information content (AvgIpc) is 3.33. The van der Waals surface area contributed by atoms with E-state index >= 15 is 0 Å². The highest BCUT2D eigenvalue weighted by atomic mass is 35.5. The summed E-state index contributed by atoms with van der Waals surface area (Å²) in [6.07, 6.45) is 5.34. The lowest BCUT2D eigenvalue weighted by atomic mass is 9.95. The van der Waals surface area contributed by atoms with Crippen molar-refractivity contribution in [3.63, 3.8) is 0 Å². The second kappa shape index (κ2) is 11.3. The zero-order chi connectivity index (χ0) is 25.1. The number of benzene rings is 1. The molecule has 4 rings (SSSR count). The quantitative estimate of drug-likeness (QED) is 0.610. The summed E-state index contributed by atoms with van der Waals surface area (Å²) < 4.78 is 0. The Morgan fingerprint density at radius 3 is 2.46 bits per heavy atom. The van der Waals surface area contributed by atoms with Gasteiger partial charge in [0, 0.05) is 80.7 Å². The molecule has 0 radical (unpaired) electrons. The highest BCUT2D eigenvalue weighted by molar-refractivity contribution is 6.31. The molecule has 0 spiro atoms. The third kappa shape index (κ3) is 6.18. The van der Waals surface area contributed by atoms with E-state index in [9.17, 15) is 14.4 Å². The van der Waals surface area contributed by atoms with E-state index < -0.39 is 0 Å². The molecule has 3 fully saturated rings. The molecule has 1 aromatic rings. The van der Waals surface area contributed by atoms with Crippen molar-refractivity contribution in [1.29, 1.82) is 0 Å². The number of rotatable bonds is 7. The van der Waals surface area contributed by atoms with Crippen molar-refractivity contribution >= 4 is 35.0 Å². The van der Waals surface area contributed by atoms with Crippen LogP contribution in [0.2, 0.25) is 5.02 Å². The van der Waals surface area contributed by atoms with Gasteiger partial charge >= 0.3 is 0 Å². The van der Waals surface area contributed by atoms with Crippen LogP contribution in [0.25, 0.3) is 0 Å². The summed E-state index contributed by atoms with van der Waals surface area (Å²) in [5.41, 5.74) is 2.87. The van der Waals surface area contributed by atoms with Crippen LogP contribution < -0.4 is 5.32 Å². The molecule has 1 aliphatic carbocycles. The van der Waals surface area contributed by atoms with Crippen LogP contribution in [0, 0.1) is 18.8 Å². The maximum absolute atomic E-state index is 12.9. The predicted molar refractivity (Wildman–Crippen MR) is 138 cm³/mol. The first kappa shape index (κ1) is 26.0. The molecule has 0 unspecified atom stereocenters. The summed E-state index contributed by atoms with van der Waals surface area (Å²) in [7, 11) is 0. The molecular weight excluding hydrogens is 464 g/mol. The van der Waals surface area contributed by atoms with Gasteiger partial charge in [0.15, 0.2) is 0 Å². The molecule has 2 heterocycles. The fourth-order valence-corrected chi connectivity index (χ4v) is 6.01. The number of nitrogens with one attached hydrogen (secondary N) is 1. The van der Waals surface area contributed by atoms with Crippen LogP contribution in [0.5, 0.6) is 0 Å². The average molecular weight is 503 g/mol. The second-order valence-corrected chi connectivity index (χ2v) is 11.0. The first-order valence-corrected chi connectivity index (χ1v) is 13.5. The van der Waals surface area contributed by atoms with Gasteiger partial charge in [0.05, 0.1) is 0 Å². The normalized spacial score (nSPS) is 21.8. The van der Waals surface area contributed by atoms with Gasteiger partial charge in [-0.25, -0.2) is 0 Å². The molecule has 35 heavy (non-hydrogen) atoms. The standard InChI is InChI=1S/C27H39ClN4O3/c1-4-26(34)31-15-20(16-31)11-25(33)29-24-13-23(28)12-22(19(24)3)17-30-9-10-32(18(2)14-30)27(35)21-7-5-6-8-21/h12-13,18,20-21H,4-11,14-17H2,1-3H3,(H,29,33)/t18-/m0/s1. The minimum absolute atomic E-state index is 0.0393. The van der Waals surface area contributed by atoms with Gasteiger partial charge in [-0.2, -0.15) is 0 Å². The van der Waals surface area contributed by atoms with Gasteiger partial charge in [-0.3, -0.25) is 19.3 Å². The fourth-order valence-electron chi connectivity index (χ4n) is 5.77. The Hall–Kier alpha value is -2.12. The summed E-state index contributed by atoms with van der Waals surface area (Å²) in [4.78, 5) is 43.6. The first-order chi connectivity index (χ1) is 16.7. The minimum atomic E-state index is -0.0393. The Balaban J connectivity index is 1.32. The number of carbonyl (C=O) groups is 3. The molecular formula is C27H39ClN4O3. The van der Waals surface area contributed by atoms with Gasteiger partial charge in [0.2, 0.25) is 17.7 Å². The Morgan fingerprint density at radius 1 is 1.09 bits per heavy atom. The molecule has 0 aromatic heterocycles. The second-order valence-electron chi connectivity index (χ2n) is 10.6. The van der Waals surface area contributed by atoms with Crippen molar-refractivity contribution in [1.82, 2.24) is 14.7 Å². The number of hydrogen-bond donors (Lipinski definition) is 1. The van der Waals surface area contributed by atoms with Crippen LogP contribution in [-0.2, 0) is 20.9 Å². The molecule has 2 saturated heterocycles. The number of hydrogen-bond acceptors (Lipinski definition) is 4. The van der Waals surface area contributed by atoms with E-state index in [1.807, 2.05) is 30.9 Å². The van der Waals surface area contributed by atoms with Gasteiger partial charge in [-0.05, 0) is 49.9 Å². The minimum Gasteiger partial charge on any atom is -0.342 e. The van der Waals surface area contributed by atoms with Crippen molar-refractivity contribution in [2.24, 2.45) is 11.8 Å². The number of nitrogens with zero attached hydrogens (tertiary/aromatic N) is 3. The Kier molecular flexibility index (Phi) is 8.38. The maximum atomic E-state index is 12.9. The molecule has 192 valence electrons. The molecule has 3 amide bonds. The van der Waals surface area contributed by atoms with Gasteiger partial charge in [0.25, 0.3) is 0 Å². The fraction of sp³-hybridized carbons (Fsp3) is 0.667. The summed E-state index contributed by atoms with van der Waals surface area (Å²) >= 11 is 6.44. The van der Waals surface area contributed by atoms with Crippen LogP contribution in [0.4, 0.5) is 5.69 Å². The van der Waals surface area contributed by atoms with E-state index in [0.717, 1.165) is 55.8 Å². The van der Waals surface area contributed by atoms with Crippen LogP contribution in [0.15, 0.2) is 12.1 Å². The summed E-state index contributed by atoms with van der Waals surface area (Å²) in [6, 6.07) is 3.98. The maximum Gasteiger partial charge on any atom is 0.226 e. The number of carbonyl (C=O) groups excluding carboxylic acids is 3. The Bertz CT molecular complexity index is 956. The van der Waals surface area contributed by atoms with E-state index in [0.29, 0.717) is 36.9 Å². The smallest absolute Gasteiger partial charge is 0.226 e. The largest absolute Gasteiger partial charge is 0.342 e. The monoisotopic (exact) mass is 502 g/mol. The lowest BCUT2D eigenvalue weighted by Crippen LogP contribution is -2.54. The number of halogens is 1. The SMILES string of the molecule is CCC(=O)N1CC(CC(=O)Nc2cc(Cl)cc(CN3CCN(C(=O)C4CCCC4)[C@@H](C)C3)c2C)C1. The summed E-state index contributed by atoms with van der Waals surface area (Å²) in [5, 5.41) is 3.65. The number of likely N-dealkylation sites (tertiary alicyclic amines) is 1. The number of piperazine rings is 1. The van der Waals surface area contributed by atoms with Crippen molar-refractivity contribution < 1.29 is 14.4 Å². The van der Waals surface area contributed by atoms with E-state index in [4.69, 9.17) is 11.6 Å². The Labute approximate surface area is 214 Å². The van der Waals surface area contributed by atoms with Crippen LogP contribution in [0.3, 0.4) is 0 Å². The molecule has 0 bridgehead atoms. The zero-order valence-corrected chi connectivity index (χ0v) is 22.1. The molecule has 2 aliphatic heterocycles. The Morgan fingerprint density at radius 2 is 1.80 bits per heavy atom. The van der Waals surface area contributed by atoms with E-state index in [-0.39, 0.29) is 29.7 Å². The van der Waals surface area contributed by atoms with Crippen molar-refractivity contribution in [2.75, 3.05) is 38.0 Å². The lowest BCUT2D eigenvalue weighted by Gasteiger charge is -2.41. The third-order valence-electron chi connectivity index (χ3n) is 7.93. The highest BCUT2D eigenvalue weighted by Crippen LogP contribution is 2.30. The molecule has 7 nitrogen and oxygen atoms in total. The van der Waals surface area contributed by atoms with Crippen molar-refractivity contribution in [3.05, 3.63) is 28.3 Å². The molecule has 1 aromatic carbocycles. The molecule has 1 atom stereocenters. The van der Waals surface area contributed by atoms with E-state index in [2.05, 4.69) is 22.0 Å². The van der Waals surface area contributed by atoms with Crippen molar-refractivity contribution in [3.8, 4) is 0 Å². The van der Waals surface area contributed by atoms with Crippen LogP contribution in [-0.4, -0.2) is 71.2 Å². The third-order valence-corrected chi connectivity index (χ3v) is 8.15. The molecule has 3 aliphatic rings. The highest BCUT2D eigenvalue weighted by Gasteiger charge is 2.34. The topological polar surface area (TPSA) is 73.0 Å². The van der Waals surface area contributed by atoms with Crippen molar-refractivity contribution in [2.45, 2.75) is 71.9 Å². The zero-order valence-electron chi connectivity index (χ0n) is 21.3. The molecule has 8 heteroatoms. The van der Waals surface area contributed by atoms with Gasteiger partial charge < -0.3 is 15.1 Å². The number of amides is 3. The number of anilines is 1. The van der Waals surface area contributed by atoms with Gasteiger partial charge in [0.1, 0.15) is 0 Å².